The van der Waals surface area contributed by atoms with Crippen molar-refractivity contribution in [2.75, 3.05) is 42.7 Å². The van der Waals surface area contributed by atoms with Gasteiger partial charge in [-0.05, 0) is 41.5 Å². The SMILES string of the molecule is COc1cc(/C=C/c2cc(OC)cc(OC)c2C(O)c2ccc(OC)cc2OC)cc(OC)c1. The van der Waals surface area contributed by atoms with Gasteiger partial charge in [0.25, 0.3) is 0 Å². The number of methoxy groups -OCH3 is 6. The number of aliphatic hydroxyl groups is 1. The number of aliphatic hydroxyl groups excluding tert-OH is 1. The van der Waals surface area contributed by atoms with Gasteiger partial charge in [-0.15, -0.1) is 0 Å². The van der Waals surface area contributed by atoms with Crippen molar-refractivity contribution in [3.63, 3.8) is 0 Å². The van der Waals surface area contributed by atoms with Crippen molar-refractivity contribution >= 4 is 12.2 Å². The van der Waals surface area contributed by atoms with Crippen molar-refractivity contribution in [2.24, 2.45) is 0 Å². The summed E-state index contributed by atoms with van der Waals surface area (Å²) in [7, 11) is 9.47. The minimum Gasteiger partial charge on any atom is -0.497 e. The molecule has 0 amide bonds. The van der Waals surface area contributed by atoms with Crippen LogP contribution in [0.1, 0.15) is 28.4 Å². The third-order valence-electron chi connectivity index (χ3n) is 5.44. The van der Waals surface area contributed by atoms with Gasteiger partial charge in [-0.2, -0.15) is 0 Å². The Morgan fingerprint density at radius 1 is 0.588 bits per heavy atom. The number of rotatable bonds is 10. The molecule has 180 valence electrons. The fraction of sp³-hybridized carbons (Fsp3) is 0.259. The molecule has 1 unspecified atom stereocenters. The summed E-state index contributed by atoms with van der Waals surface area (Å²) < 4.78 is 32.6. The molecule has 3 aromatic carbocycles. The molecule has 1 atom stereocenters. The number of benzene rings is 3. The first kappa shape index (κ1) is 24.8. The van der Waals surface area contributed by atoms with Crippen molar-refractivity contribution in [3.05, 3.63) is 70.8 Å². The van der Waals surface area contributed by atoms with Gasteiger partial charge in [-0.25, -0.2) is 0 Å². The van der Waals surface area contributed by atoms with E-state index in [-0.39, 0.29) is 0 Å². The molecular formula is C27H30O7. The van der Waals surface area contributed by atoms with Crippen LogP contribution in [0, 0.1) is 0 Å². The smallest absolute Gasteiger partial charge is 0.129 e. The fourth-order valence-corrected chi connectivity index (χ4v) is 3.65. The zero-order valence-electron chi connectivity index (χ0n) is 20.2. The molecule has 0 radical (unpaired) electrons. The number of hydrogen-bond acceptors (Lipinski definition) is 7. The van der Waals surface area contributed by atoms with Crippen molar-refractivity contribution in [1.29, 1.82) is 0 Å². The summed E-state index contributed by atoms with van der Waals surface area (Å²) in [5.41, 5.74) is 2.71. The first-order valence-electron chi connectivity index (χ1n) is 10.5. The van der Waals surface area contributed by atoms with Crippen LogP contribution in [0.15, 0.2) is 48.5 Å². The lowest BCUT2D eigenvalue weighted by atomic mass is 9.94. The first-order chi connectivity index (χ1) is 16.5. The maximum absolute atomic E-state index is 11.5. The maximum Gasteiger partial charge on any atom is 0.129 e. The van der Waals surface area contributed by atoms with E-state index in [4.69, 9.17) is 28.4 Å². The lowest BCUT2D eigenvalue weighted by Crippen LogP contribution is -2.07. The summed E-state index contributed by atoms with van der Waals surface area (Å²) in [6.45, 7) is 0. The van der Waals surface area contributed by atoms with Gasteiger partial charge in [0.1, 0.15) is 40.6 Å². The summed E-state index contributed by atoms with van der Waals surface area (Å²) in [6, 6.07) is 14.4. The highest BCUT2D eigenvalue weighted by Crippen LogP contribution is 2.41. The summed E-state index contributed by atoms with van der Waals surface area (Å²) in [5, 5.41) is 11.5. The fourth-order valence-electron chi connectivity index (χ4n) is 3.65. The highest BCUT2D eigenvalue weighted by molar-refractivity contribution is 5.75. The molecule has 0 aromatic heterocycles. The topological polar surface area (TPSA) is 75.6 Å². The quantitative estimate of drug-likeness (QED) is 0.422. The predicted octanol–water partition coefficient (Wildman–Crippen LogP) is 4.99. The van der Waals surface area contributed by atoms with Gasteiger partial charge in [-0.3, -0.25) is 0 Å². The van der Waals surface area contributed by atoms with Crippen LogP contribution < -0.4 is 28.4 Å². The molecule has 0 saturated carbocycles. The second-order valence-electron chi connectivity index (χ2n) is 7.32. The van der Waals surface area contributed by atoms with E-state index in [0.29, 0.717) is 51.2 Å². The van der Waals surface area contributed by atoms with Crippen molar-refractivity contribution < 1.29 is 33.5 Å². The maximum atomic E-state index is 11.5. The van der Waals surface area contributed by atoms with E-state index in [1.165, 1.54) is 0 Å². The molecule has 0 heterocycles. The third kappa shape index (κ3) is 5.38. The highest BCUT2D eigenvalue weighted by Gasteiger charge is 2.23. The average molecular weight is 467 g/mol. The second kappa shape index (κ2) is 11.3. The zero-order valence-corrected chi connectivity index (χ0v) is 20.2. The zero-order chi connectivity index (χ0) is 24.7. The van der Waals surface area contributed by atoms with Crippen LogP contribution in [0.2, 0.25) is 0 Å². The van der Waals surface area contributed by atoms with Crippen LogP contribution in [0.5, 0.6) is 34.5 Å². The van der Waals surface area contributed by atoms with E-state index in [2.05, 4.69) is 0 Å². The molecule has 0 aliphatic rings. The van der Waals surface area contributed by atoms with Crippen LogP contribution >= 0.6 is 0 Å². The first-order valence-corrected chi connectivity index (χ1v) is 10.5. The monoisotopic (exact) mass is 466 g/mol. The Labute approximate surface area is 200 Å². The van der Waals surface area contributed by atoms with E-state index in [9.17, 15) is 5.11 Å². The summed E-state index contributed by atoms with van der Waals surface area (Å²) >= 11 is 0. The van der Waals surface area contributed by atoms with Gasteiger partial charge < -0.3 is 33.5 Å². The second-order valence-corrected chi connectivity index (χ2v) is 7.32. The number of hydrogen-bond donors (Lipinski definition) is 1. The van der Waals surface area contributed by atoms with Gasteiger partial charge in [0, 0.05) is 29.3 Å². The summed E-state index contributed by atoms with van der Waals surface area (Å²) in [4.78, 5) is 0. The van der Waals surface area contributed by atoms with Crippen molar-refractivity contribution in [3.8, 4) is 34.5 Å². The lowest BCUT2D eigenvalue weighted by Gasteiger charge is -2.21. The normalized spacial score (nSPS) is 11.7. The lowest BCUT2D eigenvalue weighted by molar-refractivity contribution is 0.209. The Morgan fingerprint density at radius 3 is 1.71 bits per heavy atom. The third-order valence-corrected chi connectivity index (χ3v) is 5.44. The minimum atomic E-state index is -1.04. The van der Waals surface area contributed by atoms with Crippen molar-refractivity contribution in [2.45, 2.75) is 6.10 Å². The predicted molar refractivity (Wildman–Crippen MR) is 132 cm³/mol. The Morgan fingerprint density at radius 2 is 1.15 bits per heavy atom. The summed E-state index contributed by atoms with van der Waals surface area (Å²) in [6.07, 6.45) is 2.75. The van der Waals surface area contributed by atoms with Crippen LogP contribution in [-0.4, -0.2) is 47.8 Å². The largest absolute Gasteiger partial charge is 0.497 e. The van der Waals surface area contributed by atoms with Crippen LogP contribution in [-0.2, 0) is 0 Å². The van der Waals surface area contributed by atoms with Gasteiger partial charge in [0.05, 0.1) is 42.7 Å². The average Bonchev–Trinajstić information content (AvgIpc) is 2.89. The van der Waals surface area contributed by atoms with E-state index in [1.54, 1.807) is 73.0 Å². The Kier molecular flexibility index (Phi) is 8.27. The molecule has 7 nitrogen and oxygen atoms in total. The minimum absolute atomic E-state index is 0.479. The van der Waals surface area contributed by atoms with Crippen LogP contribution in [0.25, 0.3) is 12.2 Å². The van der Waals surface area contributed by atoms with Gasteiger partial charge >= 0.3 is 0 Å². The molecule has 0 aliphatic carbocycles. The Balaban J connectivity index is 2.14. The van der Waals surface area contributed by atoms with E-state index >= 15 is 0 Å². The summed E-state index contributed by atoms with van der Waals surface area (Å²) in [5.74, 6) is 3.54. The molecule has 3 aromatic rings. The molecule has 1 N–H and O–H groups in total. The van der Waals surface area contributed by atoms with Crippen LogP contribution in [0.3, 0.4) is 0 Å². The number of ether oxygens (including phenoxy) is 6. The Hall–Kier alpha value is -3.84. The van der Waals surface area contributed by atoms with Gasteiger partial charge in [-0.1, -0.05) is 12.2 Å². The molecule has 0 spiro atoms. The van der Waals surface area contributed by atoms with Gasteiger partial charge in [0.15, 0.2) is 0 Å². The van der Waals surface area contributed by atoms with E-state index in [1.807, 2.05) is 30.4 Å². The molecule has 34 heavy (non-hydrogen) atoms. The van der Waals surface area contributed by atoms with Gasteiger partial charge in [0.2, 0.25) is 0 Å². The molecule has 3 rings (SSSR count). The highest BCUT2D eigenvalue weighted by atomic mass is 16.5. The molecule has 0 aliphatic heterocycles. The molecular weight excluding hydrogens is 436 g/mol. The molecule has 7 heteroatoms. The molecule has 0 saturated heterocycles. The molecule has 0 fully saturated rings. The Bertz CT molecular complexity index is 1130. The van der Waals surface area contributed by atoms with Crippen molar-refractivity contribution in [1.82, 2.24) is 0 Å². The van der Waals surface area contributed by atoms with Crippen LogP contribution in [0.4, 0.5) is 0 Å². The van der Waals surface area contributed by atoms with E-state index < -0.39 is 6.10 Å². The van der Waals surface area contributed by atoms with E-state index in [0.717, 1.165) is 5.56 Å². The molecule has 0 bridgehead atoms. The standard InChI is InChI=1S/C27H30O7/c1-29-19-9-10-23(24(15-19)33-5)27(28)26-18(13-22(32-4)16-25(26)34-6)8-7-17-11-20(30-2)14-21(12-17)31-3/h7-16,27-28H,1-6H3/b8-7+.